The maximum Gasteiger partial charge on any atom is 0.274 e. The van der Waals surface area contributed by atoms with Crippen molar-refractivity contribution >= 4 is 11.8 Å². The van der Waals surface area contributed by atoms with Gasteiger partial charge in [-0.25, -0.2) is 4.68 Å². The van der Waals surface area contributed by atoms with Gasteiger partial charge in [0.05, 0.1) is 6.26 Å². The molecular formula is C15H16N8O3. The van der Waals surface area contributed by atoms with E-state index < -0.39 is 0 Å². The Morgan fingerprint density at radius 1 is 1.19 bits per heavy atom. The minimum Gasteiger partial charge on any atom is -0.463 e. The number of piperazine rings is 1. The van der Waals surface area contributed by atoms with Crippen molar-refractivity contribution in [3.05, 3.63) is 36.5 Å². The van der Waals surface area contributed by atoms with E-state index in [-0.39, 0.29) is 18.4 Å². The van der Waals surface area contributed by atoms with E-state index in [0.717, 1.165) is 0 Å². The molecule has 1 fully saturated rings. The lowest BCUT2D eigenvalue weighted by molar-refractivity contribution is -0.133. The molecule has 11 nitrogen and oxygen atoms in total. The summed E-state index contributed by atoms with van der Waals surface area (Å²) in [4.78, 5) is 28.2. The molecule has 0 saturated carbocycles. The van der Waals surface area contributed by atoms with Crippen LogP contribution in [0, 0.1) is 0 Å². The third-order valence-electron chi connectivity index (χ3n) is 4.19. The zero-order valence-corrected chi connectivity index (χ0v) is 13.8. The molecule has 0 bridgehead atoms. The topological polar surface area (TPSA) is 126 Å². The fraction of sp³-hybridized carbons (Fsp3) is 0.333. The van der Waals surface area contributed by atoms with E-state index in [4.69, 9.17) is 4.42 Å². The molecule has 0 atom stereocenters. The first-order chi connectivity index (χ1) is 12.7. The summed E-state index contributed by atoms with van der Waals surface area (Å²) in [5.74, 6) is 0.366. The molecule has 1 saturated heterocycles. The Bertz CT molecular complexity index is 878. The number of furan rings is 1. The normalized spacial score (nSPS) is 14.6. The molecule has 134 valence electrons. The van der Waals surface area contributed by atoms with Crippen molar-refractivity contribution in [1.82, 2.24) is 40.2 Å². The number of hydrogen-bond donors (Lipinski definition) is 1. The molecule has 2 amide bonds. The highest BCUT2D eigenvalue weighted by molar-refractivity contribution is 5.93. The summed E-state index contributed by atoms with van der Waals surface area (Å²) in [6.45, 7) is 1.91. The summed E-state index contributed by atoms with van der Waals surface area (Å²) in [5.41, 5.74) is 0.971. The van der Waals surface area contributed by atoms with Crippen molar-refractivity contribution in [3.8, 4) is 11.5 Å². The predicted octanol–water partition coefficient (Wildman–Crippen LogP) is -0.359. The molecule has 26 heavy (non-hydrogen) atoms. The van der Waals surface area contributed by atoms with E-state index in [1.807, 2.05) is 0 Å². The van der Waals surface area contributed by atoms with Crippen molar-refractivity contribution in [1.29, 1.82) is 0 Å². The Hall–Kier alpha value is -3.50. The quantitative estimate of drug-likeness (QED) is 0.676. The standard InChI is InChI=1S/C15H16N8O3/c24-14(9-23-10-16-19-20-23)21-3-5-22(6-4-21)15(25)12-8-11(17-18-12)13-2-1-7-26-13/h1-2,7-8,10H,3-6,9H2,(H,17,18). The number of H-pyrrole nitrogens is 1. The number of carbonyl (C=O) groups is 2. The molecule has 0 spiro atoms. The van der Waals surface area contributed by atoms with Gasteiger partial charge < -0.3 is 14.2 Å². The number of carbonyl (C=O) groups excluding carboxylic acids is 2. The fourth-order valence-electron chi connectivity index (χ4n) is 2.80. The first-order valence-electron chi connectivity index (χ1n) is 8.08. The molecule has 0 radical (unpaired) electrons. The van der Waals surface area contributed by atoms with Gasteiger partial charge in [-0.1, -0.05) is 0 Å². The van der Waals surface area contributed by atoms with Gasteiger partial charge in [-0.3, -0.25) is 14.7 Å². The van der Waals surface area contributed by atoms with Gasteiger partial charge in [-0.15, -0.1) is 5.10 Å². The summed E-state index contributed by atoms with van der Waals surface area (Å²) in [5, 5.41) is 17.6. The molecule has 1 aliphatic heterocycles. The average Bonchev–Trinajstić information content (AvgIpc) is 3.42. The van der Waals surface area contributed by atoms with E-state index in [9.17, 15) is 9.59 Å². The maximum atomic E-state index is 12.6. The third kappa shape index (κ3) is 3.18. The van der Waals surface area contributed by atoms with Crippen LogP contribution in [0.4, 0.5) is 0 Å². The molecule has 11 heteroatoms. The van der Waals surface area contributed by atoms with Crippen LogP contribution in [0.25, 0.3) is 11.5 Å². The minimum absolute atomic E-state index is 0.0794. The average molecular weight is 356 g/mol. The van der Waals surface area contributed by atoms with Gasteiger partial charge in [0.2, 0.25) is 5.91 Å². The van der Waals surface area contributed by atoms with Crippen LogP contribution in [-0.2, 0) is 11.3 Å². The zero-order chi connectivity index (χ0) is 17.9. The highest BCUT2D eigenvalue weighted by Crippen LogP contribution is 2.19. The first kappa shape index (κ1) is 16.0. The number of tetrazole rings is 1. The second kappa shape index (κ2) is 6.78. The number of amides is 2. The van der Waals surface area contributed by atoms with Crippen molar-refractivity contribution < 1.29 is 14.0 Å². The molecule has 3 aromatic rings. The Kier molecular flexibility index (Phi) is 4.17. The van der Waals surface area contributed by atoms with Crippen LogP contribution in [0.1, 0.15) is 10.5 Å². The molecular weight excluding hydrogens is 340 g/mol. The summed E-state index contributed by atoms with van der Waals surface area (Å²) >= 11 is 0. The van der Waals surface area contributed by atoms with Crippen LogP contribution < -0.4 is 0 Å². The summed E-state index contributed by atoms with van der Waals surface area (Å²) in [6, 6.07) is 5.22. The number of aromatic nitrogens is 6. The van der Waals surface area contributed by atoms with Gasteiger partial charge in [-0.05, 0) is 22.6 Å². The largest absolute Gasteiger partial charge is 0.463 e. The maximum absolute atomic E-state index is 12.6. The number of nitrogens with one attached hydrogen (secondary N) is 1. The summed E-state index contributed by atoms with van der Waals surface area (Å²) < 4.78 is 6.66. The highest BCUT2D eigenvalue weighted by atomic mass is 16.3. The lowest BCUT2D eigenvalue weighted by atomic mass is 10.2. The second-order valence-electron chi connectivity index (χ2n) is 5.82. The van der Waals surface area contributed by atoms with E-state index >= 15 is 0 Å². The van der Waals surface area contributed by atoms with Crippen molar-refractivity contribution in [2.24, 2.45) is 0 Å². The summed E-state index contributed by atoms with van der Waals surface area (Å²) in [6.07, 6.45) is 2.95. The van der Waals surface area contributed by atoms with Crippen LogP contribution in [0.5, 0.6) is 0 Å². The number of nitrogens with zero attached hydrogens (tertiary/aromatic N) is 7. The van der Waals surface area contributed by atoms with Gasteiger partial charge in [0.15, 0.2) is 11.5 Å². The third-order valence-corrected chi connectivity index (χ3v) is 4.19. The Balaban J connectivity index is 1.34. The molecule has 3 aromatic heterocycles. The van der Waals surface area contributed by atoms with Gasteiger partial charge in [0, 0.05) is 32.2 Å². The van der Waals surface area contributed by atoms with Gasteiger partial charge in [-0.2, -0.15) is 5.10 Å². The molecule has 1 aliphatic rings. The number of rotatable bonds is 4. The lowest BCUT2D eigenvalue weighted by Crippen LogP contribution is -2.51. The predicted molar refractivity (Wildman–Crippen MR) is 86.6 cm³/mol. The molecule has 0 unspecified atom stereocenters. The first-order valence-corrected chi connectivity index (χ1v) is 8.08. The smallest absolute Gasteiger partial charge is 0.274 e. The molecule has 0 aliphatic carbocycles. The van der Waals surface area contributed by atoms with E-state index in [0.29, 0.717) is 43.3 Å². The molecule has 4 heterocycles. The zero-order valence-electron chi connectivity index (χ0n) is 13.8. The molecule has 4 rings (SSSR count). The number of hydrogen-bond acceptors (Lipinski definition) is 7. The Labute approximate surface area is 147 Å². The van der Waals surface area contributed by atoms with Crippen LogP contribution in [-0.4, -0.2) is 78.2 Å². The number of aromatic amines is 1. The Morgan fingerprint density at radius 3 is 2.69 bits per heavy atom. The van der Waals surface area contributed by atoms with Crippen LogP contribution in [0.15, 0.2) is 35.2 Å². The van der Waals surface area contributed by atoms with Crippen molar-refractivity contribution in [3.63, 3.8) is 0 Å². The molecule has 1 N–H and O–H groups in total. The molecule has 0 aromatic carbocycles. The monoisotopic (exact) mass is 356 g/mol. The summed E-state index contributed by atoms with van der Waals surface area (Å²) in [7, 11) is 0. The van der Waals surface area contributed by atoms with Gasteiger partial charge >= 0.3 is 0 Å². The van der Waals surface area contributed by atoms with E-state index in [1.54, 1.807) is 34.3 Å². The fourth-order valence-corrected chi connectivity index (χ4v) is 2.80. The lowest BCUT2D eigenvalue weighted by Gasteiger charge is -2.34. The SMILES string of the molecule is O=C(Cn1cnnn1)N1CCN(C(=O)c2cc(-c3ccco3)[nH]n2)CC1. The van der Waals surface area contributed by atoms with Crippen molar-refractivity contribution in [2.75, 3.05) is 26.2 Å². The van der Waals surface area contributed by atoms with Crippen LogP contribution in [0.2, 0.25) is 0 Å². The van der Waals surface area contributed by atoms with Gasteiger partial charge in [0.1, 0.15) is 18.6 Å². The van der Waals surface area contributed by atoms with Gasteiger partial charge in [0.25, 0.3) is 5.91 Å². The van der Waals surface area contributed by atoms with E-state index in [1.165, 1.54) is 11.0 Å². The van der Waals surface area contributed by atoms with E-state index in [2.05, 4.69) is 25.7 Å². The van der Waals surface area contributed by atoms with Crippen LogP contribution in [0.3, 0.4) is 0 Å². The minimum atomic E-state index is -0.174. The van der Waals surface area contributed by atoms with Crippen LogP contribution >= 0.6 is 0 Å². The highest BCUT2D eigenvalue weighted by Gasteiger charge is 2.26. The van der Waals surface area contributed by atoms with Crippen molar-refractivity contribution in [2.45, 2.75) is 6.54 Å². The Morgan fingerprint density at radius 2 is 2.00 bits per heavy atom. The second-order valence-corrected chi connectivity index (χ2v) is 5.82.